The van der Waals surface area contributed by atoms with E-state index in [0.29, 0.717) is 9.35 Å². The molecule has 2 N–H and O–H groups in total. The third-order valence-corrected chi connectivity index (χ3v) is 6.79. The molecule has 0 radical (unpaired) electrons. The Bertz CT molecular complexity index is 1100. The molecule has 27 heavy (non-hydrogen) atoms. The Balaban J connectivity index is 2.00. The van der Waals surface area contributed by atoms with Crippen LogP contribution in [0.15, 0.2) is 58.0 Å². The molecule has 1 aromatic carbocycles. The van der Waals surface area contributed by atoms with Gasteiger partial charge in [-0.2, -0.15) is 0 Å². The largest absolute Gasteiger partial charge is 0.512 e. The predicted octanol–water partition coefficient (Wildman–Crippen LogP) is 5.08. The summed E-state index contributed by atoms with van der Waals surface area (Å²) in [7, 11) is -4.05. The van der Waals surface area contributed by atoms with Crippen LogP contribution >= 0.6 is 38.9 Å². The Morgan fingerprint density at radius 1 is 1.26 bits per heavy atom. The third kappa shape index (κ3) is 4.59. The molecule has 3 aromatic rings. The van der Waals surface area contributed by atoms with Crippen molar-refractivity contribution >= 4 is 60.7 Å². The Labute approximate surface area is 171 Å². The minimum atomic E-state index is -4.05. The molecule has 2 aromatic heterocycles. The van der Waals surface area contributed by atoms with E-state index in [1.807, 2.05) is 30.3 Å². The quantitative estimate of drug-likeness (QED) is 0.382. The van der Waals surface area contributed by atoms with Crippen LogP contribution < -0.4 is 9.46 Å². The lowest BCUT2D eigenvalue weighted by Crippen LogP contribution is -2.14. The van der Waals surface area contributed by atoms with E-state index in [0.717, 1.165) is 23.1 Å². The highest BCUT2D eigenvalue weighted by atomic mass is 79.9. The zero-order valence-electron chi connectivity index (χ0n) is 13.2. The molecule has 2 heterocycles. The number of halogens is 2. The molecular formula is C16H10BrClN2O5S2. The molecule has 0 aliphatic rings. The van der Waals surface area contributed by atoms with E-state index in [2.05, 4.69) is 25.6 Å². The second kappa shape index (κ2) is 7.85. The van der Waals surface area contributed by atoms with E-state index in [1.165, 1.54) is 12.1 Å². The van der Waals surface area contributed by atoms with Crippen LogP contribution in [0.25, 0.3) is 10.4 Å². The maximum absolute atomic E-state index is 12.6. The van der Waals surface area contributed by atoms with Crippen LogP contribution in [0.4, 0.5) is 10.5 Å². The molecular weight excluding hydrogens is 480 g/mol. The third-order valence-electron chi connectivity index (χ3n) is 3.26. The van der Waals surface area contributed by atoms with Crippen molar-refractivity contribution in [3.8, 4) is 15.5 Å². The second-order valence-corrected chi connectivity index (χ2v) is 9.00. The summed E-state index contributed by atoms with van der Waals surface area (Å²) in [5.74, 6) is 0. The fourth-order valence-electron chi connectivity index (χ4n) is 2.10. The van der Waals surface area contributed by atoms with E-state index < -0.39 is 16.2 Å². The van der Waals surface area contributed by atoms with Gasteiger partial charge in [0, 0.05) is 11.1 Å². The number of hydrogen-bond donors (Lipinski definition) is 2. The number of hydrogen-bond acceptors (Lipinski definition) is 6. The number of nitrogens with zero attached hydrogens (tertiary/aromatic N) is 1. The molecule has 0 atom stereocenters. The normalized spacial score (nSPS) is 11.2. The molecule has 140 valence electrons. The van der Waals surface area contributed by atoms with Gasteiger partial charge in [0.05, 0.1) is 4.47 Å². The molecule has 0 aliphatic carbocycles. The minimum Gasteiger partial charge on any atom is -0.449 e. The van der Waals surface area contributed by atoms with Crippen molar-refractivity contribution in [1.29, 1.82) is 0 Å². The maximum atomic E-state index is 12.6. The Kier molecular flexibility index (Phi) is 5.70. The first-order valence-electron chi connectivity index (χ1n) is 7.20. The molecule has 0 fully saturated rings. The Hall–Kier alpha value is -2.14. The van der Waals surface area contributed by atoms with Crippen molar-refractivity contribution in [3.63, 3.8) is 0 Å². The van der Waals surface area contributed by atoms with Gasteiger partial charge < -0.3 is 9.84 Å². The van der Waals surface area contributed by atoms with E-state index in [9.17, 15) is 13.2 Å². The number of thiophene rings is 1. The van der Waals surface area contributed by atoms with Gasteiger partial charge in [-0.15, -0.1) is 0 Å². The van der Waals surface area contributed by atoms with Gasteiger partial charge in [0.2, 0.25) is 5.06 Å². The molecule has 0 bridgehead atoms. The zero-order valence-corrected chi connectivity index (χ0v) is 17.2. The molecule has 0 spiro atoms. The predicted molar refractivity (Wildman–Crippen MR) is 106 cm³/mol. The van der Waals surface area contributed by atoms with E-state index >= 15 is 0 Å². The number of anilines is 1. The summed E-state index contributed by atoms with van der Waals surface area (Å²) in [6.45, 7) is 0. The number of rotatable bonds is 5. The first-order valence-corrected chi connectivity index (χ1v) is 10.7. The SMILES string of the molecule is O=C(O)Oc1sc(-c2ccccc2)cc1NS(=O)(=O)c1cnc(Cl)c(Br)c1. The van der Waals surface area contributed by atoms with Gasteiger partial charge in [-0.3, -0.25) is 4.72 Å². The molecule has 0 saturated carbocycles. The van der Waals surface area contributed by atoms with Crippen molar-refractivity contribution < 1.29 is 23.1 Å². The number of pyridine rings is 1. The summed E-state index contributed by atoms with van der Waals surface area (Å²) < 4.78 is 32.7. The molecule has 3 rings (SSSR count). The van der Waals surface area contributed by atoms with Crippen molar-refractivity contribution in [2.45, 2.75) is 4.90 Å². The van der Waals surface area contributed by atoms with E-state index in [4.69, 9.17) is 21.4 Å². The number of ether oxygens (including phenoxy) is 1. The number of sulfonamides is 1. The van der Waals surface area contributed by atoms with Gasteiger partial charge in [-0.25, -0.2) is 18.2 Å². The van der Waals surface area contributed by atoms with Crippen LogP contribution in [-0.4, -0.2) is 24.7 Å². The summed E-state index contributed by atoms with van der Waals surface area (Å²) in [6, 6.07) is 11.9. The van der Waals surface area contributed by atoms with Crippen LogP contribution in [0.2, 0.25) is 5.15 Å². The number of nitrogens with one attached hydrogen (secondary N) is 1. The fraction of sp³-hybridized carbons (Fsp3) is 0. The first-order chi connectivity index (χ1) is 12.8. The highest BCUT2D eigenvalue weighted by molar-refractivity contribution is 9.10. The lowest BCUT2D eigenvalue weighted by atomic mass is 10.2. The highest BCUT2D eigenvalue weighted by Gasteiger charge is 2.22. The van der Waals surface area contributed by atoms with Crippen LogP contribution in [-0.2, 0) is 10.0 Å². The average Bonchev–Trinajstić information content (AvgIpc) is 2.99. The van der Waals surface area contributed by atoms with Crippen molar-refractivity contribution in [2.24, 2.45) is 0 Å². The fourth-order valence-corrected chi connectivity index (χ4v) is 4.75. The molecule has 0 saturated heterocycles. The first kappa shape index (κ1) is 19.6. The maximum Gasteiger partial charge on any atom is 0.512 e. The number of carboxylic acid groups (broad SMARTS) is 1. The summed E-state index contributed by atoms with van der Waals surface area (Å²) in [5.41, 5.74) is 0.798. The van der Waals surface area contributed by atoms with Crippen LogP contribution in [0.5, 0.6) is 5.06 Å². The average molecular weight is 490 g/mol. The summed E-state index contributed by atoms with van der Waals surface area (Å²) in [4.78, 5) is 15.2. The van der Waals surface area contributed by atoms with Gasteiger partial charge in [-0.1, -0.05) is 53.3 Å². The van der Waals surface area contributed by atoms with Crippen LogP contribution in [0.1, 0.15) is 0 Å². The topological polar surface area (TPSA) is 106 Å². The van der Waals surface area contributed by atoms with Gasteiger partial charge in [-0.05, 0) is 33.6 Å². The number of carbonyl (C=O) groups is 1. The number of benzene rings is 1. The standard InChI is InChI=1S/C16H10BrClN2O5S2/c17-11-6-10(8-19-14(11)18)27(23,24)20-12-7-13(9-4-2-1-3-5-9)26-15(12)25-16(21)22/h1-8,20H,(H,21,22). The Morgan fingerprint density at radius 2 is 1.96 bits per heavy atom. The molecule has 7 nitrogen and oxygen atoms in total. The lowest BCUT2D eigenvalue weighted by molar-refractivity contribution is 0.146. The van der Waals surface area contributed by atoms with Crippen molar-refractivity contribution in [1.82, 2.24) is 4.98 Å². The van der Waals surface area contributed by atoms with Crippen molar-refractivity contribution in [3.05, 3.63) is 58.3 Å². The van der Waals surface area contributed by atoms with Crippen molar-refractivity contribution in [2.75, 3.05) is 4.72 Å². The second-order valence-electron chi connectivity index (χ2n) is 5.09. The van der Waals surface area contributed by atoms with Gasteiger partial charge in [0.25, 0.3) is 10.0 Å². The smallest absolute Gasteiger partial charge is 0.449 e. The molecule has 0 amide bonds. The zero-order chi connectivity index (χ0) is 19.6. The Morgan fingerprint density at radius 3 is 2.59 bits per heavy atom. The van der Waals surface area contributed by atoms with Gasteiger partial charge in [0.15, 0.2) is 0 Å². The number of aromatic nitrogens is 1. The monoisotopic (exact) mass is 488 g/mol. The molecule has 11 heteroatoms. The van der Waals surface area contributed by atoms with Crippen LogP contribution in [0, 0.1) is 0 Å². The molecule has 0 unspecified atom stereocenters. The van der Waals surface area contributed by atoms with Gasteiger partial charge >= 0.3 is 6.16 Å². The van der Waals surface area contributed by atoms with E-state index in [-0.39, 0.29) is 20.8 Å². The highest BCUT2D eigenvalue weighted by Crippen LogP contribution is 2.42. The minimum absolute atomic E-state index is 0.00678. The van der Waals surface area contributed by atoms with E-state index in [1.54, 1.807) is 0 Å². The summed E-state index contributed by atoms with van der Waals surface area (Å²) in [6.07, 6.45) is -0.453. The van der Waals surface area contributed by atoms with Gasteiger partial charge in [0.1, 0.15) is 15.7 Å². The summed E-state index contributed by atoms with van der Waals surface area (Å²) in [5, 5.41) is 8.95. The molecule has 0 aliphatic heterocycles. The summed E-state index contributed by atoms with van der Waals surface area (Å²) >= 11 is 9.91. The van der Waals surface area contributed by atoms with Crippen LogP contribution in [0.3, 0.4) is 0 Å². The lowest BCUT2D eigenvalue weighted by Gasteiger charge is -2.08.